The first-order valence-corrected chi connectivity index (χ1v) is 7.54. The number of aromatic nitrogens is 1. The number of nitrogens with one attached hydrogen (secondary N) is 2. The van der Waals surface area contributed by atoms with Gasteiger partial charge in [-0.25, -0.2) is 0 Å². The van der Waals surface area contributed by atoms with Gasteiger partial charge in [-0.2, -0.15) is 0 Å². The fourth-order valence-corrected chi connectivity index (χ4v) is 2.30. The van der Waals surface area contributed by atoms with Crippen molar-refractivity contribution < 1.29 is 14.7 Å². The van der Waals surface area contributed by atoms with E-state index in [9.17, 15) is 4.79 Å². The first-order valence-electron chi connectivity index (χ1n) is 7.54. The largest absolute Gasteiger partial charge is 0.465 e. The second kappa shape index (κ2) is 7.69. The first-order chi connectivity index (χ1) is 11.0. The van der Waals surface area contributed by atoms with Crippen LogP contribution in [0.5, 0.6) is 0 Å². The molecule has 0 saturated carbocycles. The van der Waals surface area contributed by atoms with Gasteiger partial charge in [0.15, 0.2) is 0 Å². The van der Waals surface area contributed by atoms with Crippen molar-refractivity contribution in [2.24, 2.45) is 5.92 Å². The van der Waals surface area contributed by atoms with Gasteiger partial charge in [0.05, 0.1) is 13.0 Å². The van der Waals surface area contributed by atoms with Crippen molar-refractivity contribution in [2.45, 2.75) is 26.7 Å². The molecule has 3 N–H and O–H groups in total. The standard InChI is InChI=1S/C17H21N3O3/c1-11(2)10-23-16(21)7-6-15-13-4-3-5-14(17(18)20-22)12(13)8-9-19-15/h3-5,8-9,11,22H,6-7,10H2,1-2H3,(H2,18,20). The van der Waals surface area contributed by atoms with Gasteiger partial charge in [0, 0.05) is 29.3 Å². The molecule has 0 atom stereocenters. The van der Waals surface area contributed by atoms with Crippen molar-refractivity contribution in [3.63, 3.8) is 0 Å². The molecular formula is C17H21N3O3. The van der Waals surface area contributed by atoms with Gasteiger partial charge < -0.3 is 4.74 Å². The highest BCUT2D eigenvalue weighted by atomic mass is 16.5. The summed E-state index contributed by atoms with van der Waals surface area (Å²) >= 11 is 0. The number of hydrogen-bond acceptors (Lipinski definition) is 5. The fourth-order valence-electron chi connectivity index (χ4n) is 2.30. The molecule has 0 aliphatic rings. The molecule has 0 radical (unpaired) electrons. The number of esters is 1. The predicted octanol–water partition coefficient (Wildman–Crippen LogP) is 2.67. The molecule has 6 nitrogen and oxygen atoms in total. The number of amidine groups is 1. The Bertz CT molecular complexity index is 713. The predicted molar refractivity (Wildman–Crippen MR) is 87.6 cm³/mol. The zero-order valence-electron chi connectivity index (χ0n) is 13.3. The lowest BCUT2D eigenvalue weighted by atomic mass is 10.0. The third-order valence-corrected chi connectivity index (χ3v) is 3.41. The number of hydrogen-bond donors (Lipinski definition) is 3. The van der Waals surface area contributed by atoms with E-state index in [0.29, 0.717) is 24.5 Å². The van der Waals surface area contributed by atoms with Crippen LogP contribution in [0.2, 0.25) is 0 Å². The Labute approximate surface area is 135 Å². The summed E-state index contributed by atoms with van der Waals surface area (Å²) in [4.78, 5) is 16.1. The van der Waals surface area contributed by atoms with Crippen LogP contribution in [0.25, 0.3) is 10.8 Å². The summed E-state index contributed by atoms with van der Waals surface area (Å²) in [5.74, 6) is -0.00305. The number of pyridine rings is 1. The second-order valence-electron chi connectivity index (χ2n) is 5.72. The summed E-state index contributed by atoms with van der Waals surface area (Å²) in [6.07, 6.45) is 2.38. The van der Waals surface area contributed by atoms with E-state index in [1.165, 1.54) is 0 Å². The van der Waals surface area contributed by atoms with Crippen molar-refractivity contribution in [1.29, 1.82) is 5.41 Å². The maximum atomic E-state index is 11.8. The van der Waals surface area contributed by atoms with E-state index in [-0.39, 0.29) is 18.2 Å². The number of rotatable bonds is 6. The van der Waals surface area contributed by atoms with Crippen LogP contribution in [0.1, 0.15) is 31.5 Å². The summed E-state index contributed by atoms with van der Waals surface area (Å²) in [6, 6.07) is 7.22. The molecule has 0 unspecified atom stereocenters. The van der Waals surface area contributed by atoms with Crippen LogP contribution in [0.4, 0.5) is 0 Å². The van der Waals surface area contributed by atoms with E-state index < -0.39 is 0 Å². The lowest BCUT2D eigenvalue weighted by Crippen LogP contribution is -2.19. The number of aryl methyl sites for hydroxylation is 1. The molecule has 0 spiro atoms. The van der Waals surface area contributed by atoms with Gasteiger partial charge in [-0.3, -0.25) is 25.9 Å². The van der Waals surface area contributed by atoms with Gasteiger partial charge in [-0.15, -0.1) is 0 Å². The quantitative estimate of drug-likeness (QED) is 0.330. The molecule has 1 aromatic carbocycles. The number of hydroxylamine groups is 1. The van der Waals surface area contributed by atoms with Crippen LogP contribution in [0.3, 0.4) is 0 Å². The lowest BCUT2D eigenvalue weighted by molar-refractivity contribution is -0.144. The Hall–Kier alpha value is -2.47. The highest BCUT2D eigenvalue weighted by Crippen LogP contribution is 2.22. The van der Waals surface area contributed by atoms with Gasteiger partial charge in [0.2, 0.25) is 0 Å². The Morgan fingerprint density at radius 1 is 1.35 bits per heavy atom. The van der Waals surface area contributed by atoms with E-state index in [1.54, 1.807) is 24.4 Å². The van der Waals surface area contributed by atoms with Crippen LogP contribution < -0.4 is 5.48 Å². The summed E-state index contributed by atoms with van der Waals surface area (Å²) in [7, 11) is 0. The average Bonchev–Trinajstić information content (AvgIpc) is 2.56. The summed E-state index contributed by atoms with van der Waals surface area (Å²) < 4.78 is 5.17. The Balaban J connectivity index is 2.19. The zero-order chi connectivity index (χ0) is 16.8. The molecule has 2 rings (SSSR count). The molecule has 0 aliphatic carbocycles. The topological polar surface area (TPSA) is 95.3 Å². The van der Waals surface area contributed by atoms with E-state index in [1.807, 2.05) is 25.4 Å². The zero-order valence-corrected chi connectivity index (χ0v) is 13.3. The van der Waals surface area contributed by atoms with Crippen LogP contribution in [0, 0.1) is 11.3 Å². The minimum absolute atomic E-state index is 0.0795. The molecule has 0 fully saturated rings. The maximum absolute atomic E-state index is 11.8. The van der Waals surface area contributed by atoms with E-state index in [0.717, 1.165) is 16.5 Å². The third-order valence-electron chi connectivity index (χ3n) is 3.41. The normalized spacial score (nSPS) is 10.8. The lowest BCUT2D eigenvalue weighted by Gasteiger charge is -2.10. The van der Waals surface area contributed by atoms with E-state index in [2.05, 4.69) is 4.98 Å². The van der Waals surface area contributed by atoms with Crippen LogP contribution in [0.15, 0.2) is 30.5 Å². The highest BCUT2D eigenvalue weighted by Gasteiger charge is 2.11. The van der Waals surface area contributed by atoms with Crippen molar-refractivity contribution in [1.82, 2.24) is 10.5 Å². The number of nitrogens with zero attached hydrogens (tertiary/aromatic N) is 1. The monoisotopic (exact) mass is 315 g/mol. The van der Waals surface area contributed by atoms with Crippen LogP contribution in [-0.4, -0.2) is 28.6 Å². The van der Waals surface area contributed by atoms with Gasteiger partial charge in [-0.1, -0.05) is 32.0 Å². The molecule has 0 bridgehead atoms. The number of carbonyl (C=O) groups is 1. The van der Waals surface area contributed by atoms with Crippen LogP contribution >= 0.6 is 0 Å². The molecule has 0 aliphatic heterocycles. The minimum atomic E-state index is -0.238. The number of ether oxygens (including phenoxy) is 1. The van der Waals surface area contributed by atoms with Gasteiger partial charge >= 0.3 is 5.97 Å². The van der Waals surface area contributed by atoms with Gasteiger partial charge in [-0.05, 0) is 17.4 Å². The Morgan fingerprint density at radius 3 is 2.83 bits per heavy atom. The Morgan fingerprint density at radius 2 is 2.13 bits per heavy atom. The fraction of sp³-hybridized carbons (Fsp3) is 0.353. The summed E-state index contributed by atoms with van der Waals surface area (Å²) in [6.45, 7) is 4.40. The maximum Gasteiger partial charge on any atom is 0.306 e. The minimum Gasteiger partial charge on any atom is -0.465 e. The second-order valence-corrected chi connectivity index (χ2v) is 5.72. The molecule has 6 heteroatoms. The smallest absolute Gasteiger partial charge is 0.306 e. The molecule has 1 aromatic heterocycles. The summed E-state index contributed by atoms with van der Waals surface area (Å²) in [5.41, 5.74) is 3.21. The van der Waals surface area contributed by atoms with Gasteiger partial charge in [0.25, 0.3) is 0 Å². The number of carbonyl (C=O) groups excluding carboxylic acids is 1. The van der Waals surface area contributed by atoms with E-state index in [4.69, 9.17) is 15.4 Å². The van der Waals surface area contributed by atoms with Crippen molar-refractivity contribution >= 4 is 22.6 Å². The number of benzene rings is 1. The first kappa shape index (κ1) is 16.9. The average molecular weight is 315 g/mol. The molecule has 23 heavy (non-hydrogen) atoms. The summed E-state index contributed by atoms with van der Waals surface area (Å²) in [5, 5.41) is 18.4. The van der Waals surface area contributed by atoms with Crippen molar-refractivity contribution in [2.75, 3.05) is 6.61 Å². The van der Waals surface area contributed by atoms with Crippen molar-refractivity contribution in [3.05, 3.63) is 41.7 Å². The van der Waals surface area contributed by atoms with Gasteiger partial charge in [0.1, 0.15) is 5.84 Å². The molecular weight excluding hydrogens is 294 g/mol. The molecule has 0 saturated heterocycles. The van der Waals surface area contributed by atoms with Crippen molar-refractivity contribution in [3.8, 4) is 0 Å². The Kier molecular flexibility index (Phi) is 5.65. The number of fused-ring (bicyclic) bond motifs is 1. The van der Waals surface area contributed by atoms with E-state index >= 15 is 0 Å². The molecule has 2 aromatic rings. The third kappa shape index (κ3) is 4.26. The van der Waals surface area contributed by atoms with Crippen LogP contribution in [-0.2, 0) is 16.0 Å². The molecule has 1 heterocycles. The molecule has 122 valence electrons. The highest BCUT2D eigenvalue weighted by molar-refractivity contribution is 6.08. The SMILES string of the molecule is CC(C)COC(=O)CCc1nccc2c(C(=N)NO)cccc12. The molecule has 0 amide bonds.